The highest BCUT2D eigenvalue weighted by molar-refractivity contribution is 7.19. The Bertz CT molecular complexity index is 1040. The number of hydrogen-bond donors (Lipinski definition) is 1. The van der Waals surface area contributed by atoms with E-state index in [1.165, 1.54) is 11.3 Å². The van der Waals surface area contributed by atoms with Gasteiger partial charge in [0.1, 0.15) is 0 Å². The van der Waals surface area contributed by atoms with E-state index in [1.807, 2.05) is 37.3 Å². The molecule has 140 valence electrons. The number of rotatable bonds is 4. The molecule has 0 bridgehead atoms. The Morgan fingerprint density at radius 3 is 2.29 bits per heavy atom. The summed E-state index contributed by atoms with van der Waals surface area (Å²) in [5.74, 6) is -0.721. The summed E-state index contributed by atoms with van der Waals surface area (Å²) in [4.78, 5) is 42.8. The SMILES string of the molecule is Cc1nc(NC(=O)c2ccc(N3C(=O)CCC3=O)cc2)sc1-c1ccccc1. The summed E-state index contributed by atoms with van der Waals surface area (Å²) in [7, 11) is 0. The van der Waals surface area contributed by atoms with E-state index >= 15 is 0 Å². The quantitative estimate of drug-likeness (QED) is 0.681. The Hall–Kier alpha value is -3.32. The van der Waals surface area contributed by atoms with Crippen LogP contribution in [0.2, 0.25) is 0 Å². The Kier molecular flexibility index (Phi) is 4.75. The summed E-state index contributed by atoms with van der Waals surface area (Å²) in [6, 6.07) is 16.3. The van der Waals surface area contributed by atoms with Gasteiger partial charge in [0.2, 0.25) is 11.8 Å². The normalized spacial score (nSPS) is 13.8. The Morgan fingerprint density at radius 1 is 1.00 bits per heavy atom. The zero-order valence-corrected chi connectivity index (χ0v) is 16.0. The molecule has 6 nitrogen and oxygen atoms in total. The van der Waals surface area contributed by atoms with E-state index in [0.717, 1.165) is 21.0 Å². The van der Waals surface area contributed by atoms with Crippen molar-refractivity contribution in [3.63, 3.8) is 0 Å². The van der Waals surface area contributed by atoms with Crippen LogP contribution >= 0.6 is 11.3 Å². The molecular weight excluding hydrogens is 374 g/mol. The molecule has 0 radical (unpaired) electrons. The maximum atomic E-state index is 12.5. The number of nitrogens with one attached hydrogen (secondary N) is 1. The van der Waals surface area contributed by atoms with E-state index in [9.17, 15) is 14.4 Å². The molecule has 1 saturated heterocycles. The van der Waals surface area contributed by atoms with Crippen LogP contribution in [0.1, 0.15) is 28.9 Å². The maximum Gasteiger partial charge on any atom is 0.257 e. The molecule has 1 fully saturated rings. The summed E-state index contributed by atoms with van der Waals surface area (Å²) in [6.45, 7) is 1.91. The third-order valence-corrected chi connectivity index (χ3v) is 5.61. The molecule has 0 spiro atoms. The van der Waals surface area contributed by atoms with Crippen LogP contribution < -0.4 is 10.2 Å². The molecule has 0 unspecified atom stereocenters. The van der Waals surface area contributed by atoms with E-state index in [2.05, 4.69) is 10.3 Å². The van der Waals surface area contributed by atoms with Gasteiger partial charge in [-0.1, -0.05) is 41.7 Å². The molecule has 1 N–H and O–H groups in total. The van der Waals surface area contributed by atoms with Crippen molar-refractivity contribution in [3.05, 3.63) is 65.9 Å². The van der Waals surface area contributed by atoms with Gasteiger partial charge in [-0.3, -0.25) is 24.6 Å². The number of anilines is 2. The van der Waals surface area contributed by atoms with E-state index < -0.39 is 0 Å². The fourth-order valence-corrected chi connectivity index (χ4v) is 4.07. The van der Waals surface area contributed by atoms with Crippen molar-refractivity contribution < 1.29 is 14.4 Å². The van der Waals surface area contributed by atoms with E-state index in [4.69, 9.17) is 0 Å². The number of nitrogens with zero attached hydrogens (tertiary/aromatic N) is 2. The van der Waals surface area contributed by atoms with Gasteiger partial charge in [0.15, 0.2) is 5.13 Å². The second-order valence-corrected chi connectivity index (χ2v) is 7.42. The largest absolute Gasteiger partial charge is 0.298 e. The van der Waals surface area contributed by atoms with Crippen molar-refractivity contribution in [1.29, 1.82) is 0 Å². The average Bonchev–Trinajstić information content (AvgIpc) is 3.24. The number of carbonyl (C=O) groups is 3. The minimum Gasteiger partial charge on any atom is -0.298 e. The molecule has 28 heavy (non-hydrogen) atoms. The van der Waals surface area contributed by atoms with Crippen LogP contribution in [-0.4, -0.2) is 22.7 Å². The summed E-state index contributed by atoms with van der Waals surface area (Å²) < 4.78 is 0. The highest BCUT2D eigenvalue weighted by Gasteiger charge is 2.30. The van der Waals surface area contributed by atoms with Crippen molar-refractivity contribution >= 4 is 39.9 Å². The summed E-state index contributed by atoms with van der Waals surface area (Å²) in [5, 5.41) is 3.34. The second-order valence-electron chi connectivity index (χ2n) is 6.42. The average molecular weight is 391 g/mol. The molecular formula is C21H17N3O3S. The summed E-state index contributed by atoms with van der Waals surface area (Å²) in [5.41, 5.74) is 2.83. The van der Waals surface area contributed by atoms with Crippen LogP contribution in [0, 0.1) is 6.92 Å². The van der Waals surface area contributed by atoms with Crippen LogP contribution in [0.5, 0.6) is 0 Å². The van der Waals surface area contributed by atoms with Crippen molar-refractivity contribution in [3.8, 4) is 10.4 Å². The molecule has 1 aromatic heterocycles. The zero-order chi connectivity index (χ0) is 19.7. The Morgan fingerprint density at radius 2 is 1.64 bits per heavy atom. The van der Waals surface area contributed by atoms with Gasteiger partial charge >= 0.3 is 0 Å². The molecule has 1 aliphatic heterocycles. The lowest BCUT2D eigenvalue weighted by molar-refractivity contribution is -0.121. The predicted molar refractivity (Wildman–Crippen MR) is 108 cm³/mol. The van der Waals surface area contributed by atoms with E-state index in [-0.39, 0.29) is 30.6 Å². The third kappa shape index (κ3) is 3.44. The highest BCUT2D eigenvalue weighted by Crippen LogP contribution is 2.32. The lowest BCUT2D eigenvalue weighted by Gasteiger charge is -2.13. The van der Waals surface area contributed by atoms with Crippen LogP contribution in [0.4, 0.5) is 10.8 Å². The Labute approximate surface area is 165 Å². The van der Waals surface area contributed by atoms with Crippen molar-refractivity contribution in [2.24, 2.45) is 0 Å². The van der Waals surface area contributed by atoms with Gasteiger partial charge in [-0.05, 0) is 36.8 Å². The van der Waals surface area contributed by atoms with Crippen LogP contribution in [0.15, 0.2) is 54.6 Å². The number of benzene rings is 2. The Balaban J connectivity index is 1.50. The molecule has 0 saturated carbocycles. The van der Waals surface area contributed by atoms with Gasteiger partial charge in [0.25, 0.3) is 5.91 Å². The van der Waals surface area contributed by atoms with Crippen molar-refractivity contribution in [1.82, 2.24) is 4.98 Å². The number of aromatic nitrogens is 1. The van der Waals surface area contributed by atoms with Crippen molar-refractivity contribution in [2.75, 3.05) is 10.2 Å². The zero-order valence-electron chi connectivity index (χ0n) is 15.1. The topological polar surface area (TPSA) is 79.4 Å². The number of carbonyl (C=O) groups excluding carboxylic acids is 3. The first kappa shape index (κ1) is 18.1. The van der Waals surface area contributed by atoms with Gasteiger partial charge < -0.3 is 0 Å². The number of hydrogen-bond acceptors (Lipinski definition) is 5. The molecule has 3 amide bonds. The number of amides is 3. The fraction of sp³-hybridized carbons (Fsp3) is 0.143. The first-order valence-corrected chi connectivity index (χ1v) is 9.64. The molecule has 0 aliphatic carbocycles. The molecule has 0 atom stereocenters. The monoisotopic (exact) mass is 391 g/mol. The minimum absolute atomic E-state index is 0.214. The first-order valence-electron chi connectivity index (χ1n) is 8.83. The highest BCUT2D eigenvalue weighted by atomic mass is 32.1. The third-order valence-electron chi connectivity index (χ3n) is 4.49. The predicted octanol–water partition coefficient (Wildman–Crippen LogP) is 4.02. The molecule has 4 rings (SSSR count). The van der Waals surface area contributed by atoms with E-state index in [1.54, 1.807) is 24.3 Å². The van der Waals surface area contributed by atoms with Gasteiger partial charge in [-0.25, -0.2) is 4.98 Å². The second kappa shape index (κ2) is 7.36. The van der Waals surface area contributed by atoms with Gasteiger partial charge in [-0.2, -0.15) is 0 Å². The fourth-order valence-electron chi connectivity index (χ4n) is 3.10. The van der Waals surface area contributed by atoms with Crippen LogP contribution in [-0.2, 0) is 9.59 Å². The van der Waals surface area contributed by atoms with Crippen LogP contribution in [0.3, 0.4) is 0 Å². The lowest BCUT2D eigenvalue weighted by atomic mass is 10.2. The van der Waals surface area contributed by atoms with Gasteiger partial charge in [-0.15, -0.1) is 0 Å². The van der Waals surface area contributed by atoms with Gasteiger partial charge in [0, 0.05) is 18.4 Å². The molecule has 7 heteroatoms. The summed E-state index contributed by atoms with van der Waals surface area (Å²) >= 11 is 1.42. The standard InChI is InChI=1S/C21H17N3O3S/c1-13-19(14-5-3-2-4-6-14)28-21(22-13)23-20(27)15-7-9-16(10-8-15)24-17(25)11-12-18(24)26/h2-10H,11-12H2,1H3,(H,22,23,27). The van der Waals surface area contributed by atoms with Gasteiger partial charge in [0.05, 0.1) is 16.3 Å². The number of imide groups is 1. The lowest BCUT2D eigenvalue weighted by Crippen LogP contribution is -2.28. The first-order chi connectivity index (χ1) is 13.5. The summed E-state index contributed by atoms with van der Waals surface area (Å²) in [6.07, 6.45) is 0.461. The molecule has 2 aromatic carbocycles. The molecule has 2 heterocycles. The van der Waals surface area contributed by atoms with E-state index in [0.29, 0.717) is 16.4 Å². The molecule has 3 aromatic rings. The molecule has 1 aliphatic rings. The maximum absolute atomic E-state index is 12.5. The number of thiazole rings is 1. The number of aryl methyl sites for hydroxylation is 1. The van der Waals surface area contributed by atoms with Crippen molar-refractivity contribution in [2.45, 2.75) is 19.8 Å². The minimum atomic E-state index is -0.293. The van der Waals surface area contributed by atoms with Crippen LogP contribution in [0.25, 0.3) is 10.4 Å². The smallest absolute Gasteiger partial charge is 0.257 e.